The predicted molar refractivity (Wildman–Crippen MR) is 134 cm³/mol. The number of ether oxygens (including phenoxy) is 2. The van der Waals surface area contributed by atoms with Crippen molar-refractivity contribution in [1.29, 1.82) is 0 Å². The van der Waals surface area contributed by atoms with Crippen LogP contribution < -0.4 is 14.8 Å². The number of hydrogen-bond acceptors (Lipinski definition) is 5. The Morgan fingerprint density at radius 3 is 2.77 bits per heavy atom. The summed E-state index contributed by atoms with van der Waals surface area (Å²) in [6, 6.07) is 23.6. The van der Waals surface area contributed by atoms with Gasteiger partial charge in [0.1, 0.15) is 23.4 Å². The van der Waals surface area contributed by atoms with E-state index in [1.807, 2.05) is 66.7 Å². The van der Waals surface area contributed by atoms with Crippen LogP contribution in [0.5, 0.6) is 11.5 Å². The number of methoxy groups -OCH3 is 1. The molecule has 1 aliphatic heterocycles. The number of hydrogen-bond donors (Lipinski definition) is 2. The number of imidazole rings is 1. The number of fused-ring (bicyclic) bond motifs is 1. The molecule has 3 aromatic carbocycles. The first-order valence-corrected chi connectivity index (χ1v) is 11.7. The molecule has 0 fully saturated rings. The lowest BCUT2D eigenvalue weighted by Crippen LogP contribution is -2.36. The van der Waals surface area contributed by atoms with E-state index in [2.05, 4.69) is 26.3 Å². The molecule has 0 unspecified atom stereocenters. The second-order valence-corrected chi connectivity index (χ2v) is 8.43. The van der Waals surface area contributed by atoms with E-state index in [1.54, 1.807) is 19.5 Å². The van der Waals surface area contributed by atoms with Crippen LogP contribution in [0, 0.1) is 0 Å². The van der Waals surface area contributed by atoms with Crippen molar-refractivity contribution < 1.29 is 14.3 Å². The van der Waals surface area contributed by atoms with E-state index >= 15 is 0 Å². The van der Waals surface area contributed by atoms with Crippen molar-refractivity contribution in [2.45, 2.75) is 12.6 Å². The minimum atomic E-state index is -0.190. The van der Waals surface area contributed by atoms with Crippen molar-refractivity contribution >= 4 is 5.91 Å². The van der Waals surface area contributed by atoms with Gasteiger partial charge in [-0.25, -0.2) is 4.98 Å². The fourth-order valence-corrected chi connectivity index (χ4v) is 4.47. The number of nitrogens with zero attached hydrogens (tertiary/aromatic N) is 2. The van der Waals surface area contributed by atoms with Crippen molar-refractivity contribution in [2.24, 2.45) is 0 Å². The average molecular weight is 469 g/mol. The fraction of sp³-hybridized carbons (Fsp3) is 0.214. The van der Waals surface area contributed by atoms with Crippen molar-refractivity contribution in [3.05, 3.63) is 102 Å². The third kappa shape index (κ3) is 5.05. The zero-order valence-electron chi connectivity index (χ0n) is 19.6. The molecule has 7 nitrogen and oxygen atoms in total. The summed E-state index contributed by atoms with van der Waals surface area (Å²) in [4.78, 5) is 22.7. The van der Waals surface area contributed by atoms with E-state index in [-0.39, 0.29) is 12.0 Å². The molecule has 1 aliphatic rings. The molecule has 0 radical (unpaired) electrons. The molecule has 2 N–H and O–H groups in total. The molecule has 0 bridgehead atoms. The zero-order valence-corrected chi connectivity index (χ0v) is 19.6. The molecule has 178 valence electrons. The van der Waals surface area contributed by atoms with Crippen LogP contribution >= 0.6 is 0 Å². The zero-order chi connectivity index (χ0) is 24.0. The molecule has 0 spiro atoms. The van der Waals surface area contributed by atoms with Crippen molar-refractivity contribution in [1.82, 2.24) is 20.2 Å². The van der Waals surface area contributed by atoms with Gasteiger partial charge in [0.25, 0.3) is 5.91 Å². The van der Waals surface area contributed by atoms with Crippen molar-refractivity contribution in [3.63, 3.8) is 0 Å². The van der Waals surface area contributed by atoms with Crippen molar-refractivity contribution in [3.8, 4) is 22.9 Å². The average Bonchev–Trinajstić information content (AvgIpc) is 3.37. The molecule has 4 aromatic rings. The smallest absolute Gasteiger partial charge is 0.252 e. The molecule has 2 heterocycles. The third-order valence-electron chi connectivity index (χ3n) is 6.18. The van der Waals surface area contributed by atoms with Gasteiger partial charge in [0.2, 0.25) is 0 Å². The van der Waals surface area contributed by atoms with E-state index in [9.17, 15) is 4.79 Å². The van der Waals surface area contributed by atoms with Gasteiger partial charge in [0.15, 0.2) is 0 Å². The molecule has 35 heavy (non-hydrogen) atoms. The first-order valence-electron chi connectivity index (χ1n) is 11.7. The summed E-state index contributed by atoms with van der Waals surface area (Å²) in [5, 5.41) is 3.08. The Bertz CT molecular complexity index is 1290. The Balaban J connectivity index is 1.31. The number of aromatic amines is 1. The van der Waals surface area contributed by atoms with Crippen LogP contribution in [0.2, 0.25) is 0 Å². The van der Waals surface area contributed by atoms with Gasteiger partial charge in [-0.3, -0.25) is 9.69 Å². The summed E-state index contributed by atoms with van der Waals surface area (Å²) in [7, 11) is 1.68. The lowest BCUT2D eigenvalue weighted by atomic mass is 10.1. The molecule has 0 saturated carbocycles. The second-order valence-electron chi connectivity index (χ2n) is 8.43. The molecule has 1 aromatic heterocycles. The molecular weight excluding hydrogens is 440 g/mol. The van der Waals surface area contributed by atoms with E-state index in [0.717, 1.165) is 34.7 Å². The van der Waals surface area contributed by atoms with Crippen LogP contribution in [-0.4, -0.2) is 47.5 Å². The Hall–Kier alpha value is -4.10. The lowest BCUT2D eigenvalue weighted by molar-refractivity contribution is 0.0943. The number of aromatic nitrogens is 2. The molecule has 0 aliphatic carbocycles. The predicted octanol–water partition coefficient (Wildman–Crippen LogP) is 4.45. The van der Waals surface area contributed by atoms with Gasteiger partial charge in [-0.05, 0) is 18.2 Å². The van der Waals surface area contributed by atoms with Gasteiger partial charge < -0.3 is 19.8 Å². The number of nitrogens with one attached hydrogen (secondary N) is 2. The SMILES string of the molecule is COc1ccccc1[C@@H]1CN(CCNC(=O)c2ccccc2-c2ncc[nH]2)Cc2ccccc2O1. The summed E-state index contributed by atoms with van der Waals surface area (Å²) in [5.74, 6) is 2.24. The highest BCUT2D eigenvalue weighted by molar-refractivity contribution is 6.00. The number of para-hydroxylation sites is 2. The minimum absolute atomic E-state index is 0.121. The van der Waals surface area contributed by atoms with Crippen LogP contribution in [0.25, 0.3) is 11.4 Å². The highest BCUT2D eigenvalue weighted by atomic mass is 16.5. The summed E-state index contributed by atoms with van der Waals surface area (Å²) in [5.41, 5.74) is 3.51. The van der Waals surface area contributed by atoms with Crippen LogP contribution in [-0.2, 0) is 6.54 Å². The quantitative estimate of drug-likeness (QED) is 0.419. The fourth-order valence-electron chi connectivity index (χ4n) is 4.47. The van der Waals surface area contributed by atoms with Gasteiger partial charge >= 0.3 is 0 Å². The number of amides is 1. The van der Waals surface area contributed by atoms with E-state index in [1.165, 1.54) is 0 Å². The highest BCUT2D eigenvalue weighted by Gasteiger charge is 2.26. The molecule has 5 rings (SSSR count). The minimum Gasteiger partial charge on any atom is -0.496 e. The second kappa shape index (κ2) is 10.4. The van der Waals surface area contributed by atoms with Gasteiger partial charge in [0.05, 0.1) is 12.7 Å². The van der Waals surface area contributed by atoms with Crippen molar-refractivity contribution in [2.75, 3.05) is 26.7 Å². The molecule has 7 heteroatoms. The molecule has 0 saturated heterocycles. The van der Waals surface area contributed by atoms with Crippen LogP contribution in [0.1, 0.15) is 27.6 Å². The number of rotatable bonds is 7. The van der Waals surface area contributed by atoms with Gasteiger partial charge in [0, 0.05) is 55.3 Å². The summed E-state index contributed by atoms with van der Waals surface area (Å²) in [6.07, 6.45) is 3.24. The van der Waals surface area contributed by atoms with Crippen LogP contribution in [0.3, 0.4) is 0 Å². The standard InChI is InChI=1S/C28H28N4O3/c1-34-25-13-7-5-11-23(25)26-19-32(18-20-8-2-6-12-24(20)35-26)17-16-31-28(33)22-10-4-3-9-21(22)27-29-14-15-30-27/h2-15,26H,16-19H2,1H3,(H,29,30)(H,31,33)/t26-/m0/s1. The Morgan fingerprint density at radius 2 is 1.91 bits per heavy atom. The first kappa shape index (κ1) is 22.7. The molecule has 1 atom stereocenters. The number of carbonyl (C=O) groups excluding carboxylic acids is 1. The Morgan fingerprint density at radius 1 is 1.11 bits per heavy atom. The maximum atomic E-state index is 13.0. The van der Waals surface area contributed by atoms with E-state index in [0.29, 0.717) is 31.0 Å². The maximum absolute atomic E-state index is 13.0. The maximum Gasteiger partial charge on any atom is 0.252 e. The third-order valence-corrected chi connectivity index (χ3v) is 6.18. The summed E-state index contributed by atoms with van der Waals surface area (Å²) < 4.78 is 12.1. The van der Waals surface area contributed by atoms with E-state index < -0.39 is 0 Å². The molecular formula is C28H28N4O3. The Labute approximate surface area is 204 Å². The van der Waals surface area contributed by atoms with Gasteiger partial charge in [-0.2, -0.15) is 0 Å². The number of carbonyl (C=O) groups is 1. The van der Waals surface area contributed by atoms with E-state index in [4.69, 9.17) is 9.47 Å². The lowest BCUT2D eigenvalue weighted by Gasteiger charge is -2.25. The molecule has 1 amide bonds. The Kier molecular flexibility index (Phi) is 6.77. The first-order chi connectivity index (χ1) is 17.2. The summed E-state index contributed by atoms with van der Waals surface area (Å²) in [6.45, 7) is 2.60. The monoisotopic (exact) mass is 468 g/mol. The van der Waals surface area contributed by atoms with Crippen LogP contribution in [0.15, 0.2) is 85.2 Å². The normalized spacial score (nSPS) is 15.5. The summed E-state index contributed by atoms with van der Waals surface area (Å²) >= 11 is 0. The van der Waals surface area contributed by atoms with Gasteiger partial charge in [-0.15, -0.1) is 0 Å². The van der Waals surface area contributed by atoms with Crippen LogP contribution in [0.4, 0.5) is 0 Å². The number of benzene rings is 3. The highest BCUT2D eigenvalue weighted by Crippen LogP contribution is 2.34. The largest absolute Gasteiger partial charge is 0.496 e. The van der Waals surface area contributed by atoms with Gasteiger partial charge in [-0.1, -0.05) is 54.6 Å². The number of H-pyrrole nitrogens is 1. The topological polar surface area (TPSA) is 79.5 Å².